The first kappa shape index (κ1) is 17.9. The van der Waals surface area contributed by atoms with Crippen molar-refractivity contribution in [2.45, 2.75) is 25.7 Å². The molecule has 0 unspecified atom stereocenters. The molecule has 1 aliphatic rings. The number of nitrogens with zero attached hydrogens (tertiary/aromatic N) is 4. The van der Waals surface area contributed by atoms with Crippen LogP contribution in [-0.2, 0) is 12.8 Å². The van der Waals surface area contributed by atoms with Gasteiger partial charge in [-0.15, -0.1) is 10.2 Å². The molecular weight excluding hydrogens is 358 g/mol. The van der Waals surface area contributed by atoms with Crippen LogP contribution in [0, 0.1) is 0 Å². The van der Waals surface area contributed by atoms with Gasteiger partial charge in [0.15, 0.2) is 11.5 Å². The topological polar surface area (TPSA) is 118 Å². The molecule has 0 bridgehead atoms. The van der Waals surface area contributed by atoms with Crippen LogP contribution in [0.25, 0.3) is 0 Å². The van der Waals surface area contributed by atoms with Gasteiger partial charge in [-0.05, 0) is 43.5 Å². The summed E-state index contributed by atoms with van der Waals surface area (Å²) < 4.78 is 5.28. The Labute approximate surface area is 161 Å². The molecule has 0 saturated heterocycles. The number of anilines is 3. The number of carbonyl (C=O) groups excluding carboxylic acids is 1. The smallest absolute Gasteiger partial charge is 0.273 e. The quantitative estimate of drug-likeness (QED) is 0.535. The van der Waals surface area contributed by atoms with Gasteiger partial charge in [0.1, 0.15) is 11.6 Å². The predicted octanol–water partition coefficient (Wildman–Crippen LogP) is 2.32. The second-order valence-corrected chi connectivity index (χ2v) is 6.49. The fraction of sp³-hybridized carbons (Fsp3) is 0.316. The van der Waals surface area contributed by atoms with E-state index in [9.17, 15) is 4.79 Å². The predicted molar refractivity (Wildman–Crippen MR) is 104 cm³/mol. The van der Waals surface area contributed by atoms with Crippen molar-refractivity contribution >= 4 is 23.2 Å². The summed E-state index contributed by atoms with van der Waals surface area (Å²) in [6.07, 6.45) is 7.28. The minimum atomic E-state index is -0.198. The number of fused-ring (bicyclic) bond motifs is 1. The zero-order chi connectivity index (χ0) is 19.2. The van der Waals surface area contributed by atoms with Crippen LogP contribution in [-0.4, -0.2) is 39.3 Å². The fourth-order valence-electron chi connectivity index (χ4n) is 3.09. The van der Waals surface area contributed by atoms with Gasteiger partial charge < -0.3 is 20.5 Å². The molecule has 0 spiro atoms. The SMILES string of the molecule is O=C(NCCNc1ccc(Nc2ccncc2)nn1)c1noc2c1CCCC2. The van der Waals surface area contributed by atoms with Crippen LogP contribution in [0.2, 0.25) is 0 Å². The van der Waals surface area contributed by atoms with Crippen LogP contribution in [0.4, 0.5) is 17.3 Å². The highest BCUT2D eigenvalue weighted by Crippen LogP contribution is 2.24. The van der Waals surface area contributed by atoms with E-state index in [2.05, 4.69) is 36.3 Å². The molecule has 3 N–H and O–H groups in total. The Morgan fingerprint density at radius 2 is 1.79 bits per heavy atom. The van der Waals surface area contributed by atoms with E-state index in [1.54, 1.807) is 12.4 Å². The third kappa shape index (κ3) is 4.25. The van der Waals surface area contributed by atoms with Crippen LogP contribution in [0.5, 0.6) is 0 Å². The Balaban J connectivity index is 1.23. The third-order valence-electron chi connectivity index (χ3n) is 4.50. The van der Waals surface area contributed by atoms with E-state index in [1.165, 1.54) is 0 Å². The molecule has 144 valence electrons. The van der Waals surface area contributed by atoms with Gasteiger partial charge in [0.25, 0.3) is 5.91 Å². The molecule has 0 atom stereocenters. The number of amides is 1. The maximum Gasteiger partial charge on any atom is 0.273 e. The largest absolute Gasteiger partial charge is 0.367 e. The zero-order valence-corrected chi connectivity index (χ0v) is 15.3. The molecule has 0 aliphatic heterocycles. The second-order valence-electron chi connectivity index (χ2n) is 6.49. The van der Waals surface area contributed by atoms with E-state index >= 15 is 0 Å². The molecular formula is C19H21N7O2. The highest BCUT2D eigenvalue weighted by molar-refractivity contribution is 5.93. The second kappa shape index (κ2) is 8.47. The Kier molecular flexibility index (Phi) is 5.41. The first-order chi connectivity index (χ1) is 13.8. The summed E-state index contributed by atoms with van der Waals surface area (Å²) in [6.45, 7) is 0.969. The van der Waals surface area contributed by atoms with Crippen LogP contribution in [0.3, 0.4) is 0 Å². The molecule has 0 saturated carbocycles. The van der Waals surface area contributed by atoms with Gasteiger partial charge in [0.05, 0.1) is 0 Å². The first-order valence-corrected chi connectivity index (χ1v) is 9.30. The van der Waals surface area contributed by atoms with Crippen molar-refractivity contribution in [1.29, 1.82) is 0 Å². The number of carbonyl (C=O) groups is 1. The lowest BCUT2D eigenvalue weighted by Gasteiger charge is -2.10. The van der Waals surface area contributed by atoms with Crippen molar-refractivity contribution in [3.05, 3.63) is 53.7 Å². The molecule has 0 fully saturated rings. The molecule has 3 heterocycles. The number of pyridine rings is 1. The normalized spacial score (nSPS) is 12.9. The van der Waals surface area contributed by atoms with E-state index in [0.29, 0.717) is 30.4 Å². The van der Waals surface area contributed by atoms with Gasteiger partial charge in [-0.3, -0.25) is 9.78 Å². The summed E-state index contributed by atoms with van der Waals surface area (Å²) in [5.74, 6) is 1.93. The Morgan fingerprint density at radius 3 is 2.61 bits per heavy atom. The monoisotopic (exact) mass is 379 g/mol. The zero-order valence-electron chi connectivity index (χ0n) is 15.3. The standard InChI is InChI=1S/C19H21N7O2/c27-19(18-14-3-1-2-4-15(14)28-26-18)22-12-11-21-16-5-6-17(25-24-16)23-13-7-9-20-10-8-13/h5-10H,1-4,11-12H2,(H,21,24)(H,22,27)(H,20,23,25). The number of hydrogen-bond acceptors (Lipinski definition) is 8. The number of nitrogens with one attached hydrogen (secondary N) is 3. The van der Waals surface area contributed by atoms with E-state index < -0.39 is 0 Å². The molecule has 0 radical (unpaired) electrons. The van der Waals surface area contributed by atoms with Gasteiger partial charge in [-0.2, -0.15) is 0 Å². The van der Waals surface area contributed by atoms with E-state index in [4.69, 9.17) is 4.52 Å². The highest BCUT2D eigenvalue weighted by atomic mass is 16.5. The van der Waals surface area contributed by atoms with Crippen molar-refractivity contribution in [2.75, 3.05) is 23.7 Å². The number of hydrogen-bond donors (Lipinski definition) is 3. The van der Waals surface area contributed by atoms with Gasteiger partial charge in [-0.1, -0.05) is 5.16 Å². The summed E-state index contributed by atoms with van der Waals surface area (Å²) in [6, 6.07) is 7.35. The molecule has 4 rings (SSSR count). The molecule has 0 aromatic carbocycles. The van der Waals surface area contributed by atoms with Crippen LogP contribution >= 0.6 is 0 Å². The van der Waals surface area contributed by atoms with Crippen molar-refractivity contribution < 1.29 is 9.32 Å². The first-order valence-electron chi connectivity index (χ1n) is 9.30. The minimum Gasteiger partial charge on any atom is -0.367 e. The van der Waals surface area contributed by atoms with Crippen molar-refractivity contribution in [2.24, 2.45) is 0 Å². The summed E-state index contributed by atoms with van der Waals surface area (Å²) in [5, 5.41) is 21.3. The summed E-state index contributed by atoms with van der Waals surface area (Å²) >= 11 is 0. The molecule has 9 heteroatoms. The minimum absolute atomic E-state index is 0.198. The van der Waals surface area contributed by atoms with Crippen molar-refractivity contribution in [1.82, 2.24) is 25.7 Å². The Morgan fingerprint density at radius 1 is 1.00 bits per heavy atom. The Hall–Kier alpha value is -3.49. The maximum atomic E-state index is 12.3. The maximum absolute atomic E-state index is 12.3. The van der Waals surface area contributed by atoms with Crippen LogP contribution in [0.1, 0.15) is 34.7 Å². The lowest BCUT2D eigenvalue weighted by molar-refractivity contribution is 0.0945. The third-order valence-corrected chi connectivity index (χ3v) is 4.50. The lowest BCUT2D eigenvalue weighted by Crippen LogP contribution is -2.30. The molecule has 9 nitrogen and oxygen atoms in total. The van der Waals surface area contributed by atoms with E-state index in [1.807, 2.05) is 24.3 Å². The number of aromatic nitrogens is 4. The molecule has 1 amide bonds. The summed E-state index contributed by atoms with van der Waals surface area (Å²) in [4.78, 5) is 16.3. The van der Waals surface area contributed by atoms with Gasteiger partial charge in [0.2, 0.25) is 0 Å². The summed E-state index contributed by atoms with van der Waals surface area (Å²) in [5.41, 5.74) is 2.27. The van der Waals surface area contributed by atoms with E-state index in [-0.39, 0.29) is 5.91 Å². The van der Waals surface area contributed by atoms with Gasteiger partial charge in [0, 0.05) is 43.2 Å². The lowest BCUT2D eigenvalue weighted by atomic mass is 9.96. The average Bonchev–Trinajstić information content (AvgIpc) is 3.17. The number of aryl methyl sites for hydroxylation is 1. The fourth-order valence-corrected chi connectivity index (χ4v) is 3.09. The van der Waals surface area contributed by atoms with Crippen molar-refractivity contribution in [3.8, 4) is 0 Å². The van der Waals surface area contributed by atoms with Gasteiger partial charge >= 0.3 is 0 Å². The molecule has 28 heavy (non-hydrogen) atoms. The summed E-state index contributed by atoms with van der Waals surface area (Å²) in [7, 11) is 0. The Bertz CT molecular complexity index is 925. The van der Waals surface area contributed by atoms with Crippen molar-refractivity contribution in [3.63, 3.8) is 0 Å². The molecule has 3 aromatic heterocycles. The number of rotatable bonds is 7. The van der Waals surface area contributed by atoms with Gasteiger partial charge in [-0.25, -0.2) is 0 Å². The molecule has 1 aliphatic carbocycles. The van der Waals surface area contributed by atoms with E-state index in [0.717, 1.165) is 42.7 Å². The van der Waals surface area contributed by atoms with Crippen LogP contribution in [0.15, 0.2) is 41.2 Å². The van der Waals surface area contributed by atoms with Crippen LogP contribution < -0.4 is 16.0 Å². The highest BCUT2D eigenvalue weighted by Gasteiger charge is 2.23. The molecule has 3 aromatic rings. The average molecular weight is 379 g/mol.